The lowest BCUT2D eigenvalue weighted by Crippen LogP contribution is -2.58. The van der Waals surface area contributed by atoms with E-state index in [1.54, 1.807) is 18.2 Å². The molecular weight excluding hydrogens is 490 g/mol. The third-order valence-electron chi connectivity index (χ3n) is 5.74. The number of carbonyl (C=O) groups is 1. The van der Waals surface area contributed by atoms with Crippen LogP contribution >= 0.6 is 23.6 Å². The van der Waals surface area contributed by atoms with Gasteiger partial charge in [0.2, 0.25) is 0 Å². The monoisotopic (exact) mass is 509 g/mol. The van der Waals surface area contributed by atoms with E-state index in [-0.39, 0.29) is 22.5 Å². The Bertz CT molecular complexity index is 1390. The van der Waals surface area contributed by atoms with Crippen molar-refractivity contribution in [1.82, 2.24) is 9.88 Å². The maximum absolute atomic E-state index is 13.9. The largest absolute Gasteiger partial charge is 0.453 e. The minimum absolute atomic E-state index is 0.0215. The molecule has 174 valence electrons. The van der Waals surface area contributed by atoms with Crippen LogP contribution in [-0.2, 0) is 25.0 Å². The maximum Gasteiger partial charge on any atom is 0.415 e. The molecule has 10 nitrogen and oxygen atoms in total. The number of H-pyrrole nitrogens is 1. The van der Waals surface area contributed by atoms with Crippen LogP contribution in [0.3, 0.4) is 0 Å². The van der Waals surface area contributed by atoms with E-state index in [2.05, 4.69) is 4.98 Å². The van der Waals surface area contributed by atoms with E-state index in [0.29, 0.717) is 8.65 Å². The van der Waals surface area contributed by atoms with E-state index in [4.69, 9.17) is 21.7 Å². The predicted molar refractivity (Wildman–Crippen MR) is 123 cm³/mol. The SMILES string of the molecule is COC(=O)N1C[C@H](OC)C(S(=O)(=O)c2ccccc2)[C@@]1(c1cccc2sc(=S)[nH]c12)[N+](=O)[O-]. The zero-order valence-corrected chi connectivity index (χ0v) is 19.9. The summed E-state index contributed by atoms with van der Waals surface area (Å²) in [5.74, 6) is 0. The summed E-state index contributed by atoms with van der Waals surface area (Å²) in [6.45, 7) is -0.373. The van der Waals surface area contributed by atoms with Crippen molar-refractivity contribution in [3.8, 4) is 0 Å². The van der Waals surface area contributed by atoms with Gasteiger partial charge in [-0.1, -0.05) is 24.3 Å². The minimum Gasteiger partial charge on any atom is -0.453 e. The number of nitrogens with one attached hydrogen (secondary N) is 1. The lowest BCUT2D eigenvalue weighted by molar-refractivity contribution is -0.601. The van der Waals surface area contributed by atoms with Gasteiger partial charge in [0.05, 0.1) is 39.3 Å². The number of amides is 1. The van der Waals surface area contributed by atoms with Crippen LogP contribution in [0.2, 0.25) is 0 Å². The van der Waals surface area contributed by atoms with Crippen molar-refractivity contribution in [3.63, 3.8) is 0 Å². The zero-order chi connectivity index (χ0) is 24.0. The number of ether oxygens (including phenoxy) is 2. The number of para-hydroxylation sites is 1. The van der Waals surface area contributed by atoms with Gasteiger partial charge in [0, 0.05) is 7.11 Å². The fourth-order valence-electron chi connectivity index (χ4n) is 4.40. The summed E-state index contributed by atoms with van der Waals surface area (Å²) in [5.41, 5.74) is -2.30. The normalized spacial score (nSPS) is 23.0. The second kappa shape index (κ2) is 8.48. The molecular formula is C20H19N3O7S3. The standard InChI is InChI=1S/C20H19N3O7S3/c1-29-14-11-22(19(24)30-2)20(23(25)26,13-9-6-10-15-16(13)21-18(31)32-15)17(14)33(27,28)12-7-4-3-5-8-12/h3-10,14,17H,11H2,1-2H3,(H,21,31)/t14-,17?,20+/m0/s1. The van der Waals surface area contributed by atoms with Crippen LogP contribution in [-0.4, -0.2) is 61.4 Å². The fraction of sp³-hybridized carbons (Fsp3) is 0.300. The van der Waals surface area contributed by atoms with E-state index in [1.807, 2.05) is 0 Å². The van der Waals surface area contributed by atoms with Gasteiger partial charge in [0.1, 0.15) is 6.10 Å². The number of likely N-dealkylation sites (tertiary alicyclic amines) is 1. The topological polar surface area (TPSA) is 132 Å². The molecule has 3 aromatic rings. The molecule has 1 N–H and O–H groups in total. The molecule has 13 heteroatoms. The van der Waals surface area contributed by atoms with Crippen molar-refractivity contribution in [2.45, 2.75) is 21.9 Å². The highest BCUT2D eigenvalue weighted by Gasteiger charge is 2.72. The quantitative estimate of drug-likeness (QED) is 0.315. The average molecular weight is 510 g/mol. The first kappa shape index (κ1) is 23.3. The molecule has 1 aliphatic rings. The first-order chi connectivity index (χ1) is 15.7. The molecule has 3 atom stereocenters. The summed E-state index contributed by atoms with van der Waals surface area (Å²) in [4.78, 5) is 28.7. The van der Waals surface area contributed by atoms with Crippen LogP contribution in [0, 0.1) is 14.1 Å². The van der Waals surface area contributed by atoms with Gasteiger partial charge in [0.25, 0.3) is 0 Å². The van der Waals surface area contributed by atoms with Crippen LogP contribution in [0.1, 0.15) is 5.56 Å². The highest BCUT2D eigenvalue weighted by atomic mass is 32.2. The number of aromatic amines is 1. The van der Waals surface area contributed by atoms with Crippen molar-refractivity contribution in [2.75, 3.05) is 20.8 Å². The third kappa shape index (κ3) is 3.42. The Morgan fingerprint density at radius 2 is 1.94 bits per heavy atom. The molecule has 4 rings (SSSR count). The van der Waals surface area contributed by atoms with Gasteiger partial charge in [-0.15, -0.1) is 11.3 Å². The molecule has 0 radical (unpaired) electrons. The summed E-state index contributed by atoms with van der Waals surface area (Å²) in [5, 5.41) is 11.2. The van der Waals surface area contributed by atoms with Crippen LogP contribution in [0.15, 0.2) is 53.4 Å². The molecule has 33 heavy (non-hydrogen) atoms. The summed E-state index contributed by atoms with van der Waals surface area (Å²) in [7, 11) is -2.06. The Kier molecular flexibility index (Phi) is 5.99. The van der Waals surface area contributed by atoms with Gasteiger partial charge in [-0.25, -0.2) is 18.1 Å². The van der Waals surface area contributed by atoms with Crippen molar-refractivity contribution < 1.29 is 27.6 Å². The summed E-state index contributed by atoms with van der Waals surface area (Å²) < 4.78 is 39.0. The number of benzene rings is 2. The molecule has 0 bridgehead atoms. The van der Waals surface area contributed by atoms with E-state index in [0.717, 1.165) is 12.0 Å². The van der Waals surface area contributed by atoms with Gasteiger partial charge in [-0.2, -0.15) is 0 Å². The van der Waals surface area contributed by atoms with Crippen molar-refractivity contribution in [1.29, 1.82) is 0 Å². The minimum atomic E-state index is -4.39. The van der Waals surface area contributed by atoms with Gasteiger partial charge >= 0.3 is 11.8 Å². The van der Waals surface area contributed by atoms with Gasteiger partial charge < -0.3 is 14.5 Å². The Labute approximate surface area is 197 Å². The maximum atomic E-state index is 13.9. The summed E-state index contributed by atoms with van der Waals surface area (Å²) in [6, 6.07) is 12.1. The Hall–Kier alpha value is -2.87. The van der Waals surface area contributed by atoms with Crippen LogP contribution in [0.25, 0.3) is 10.2 Å². The number of hydrogen-bond acceptors (Lipinski definition) is 9. The van der Waals surface area contributed by atoms with Gasteiger partial charge in [-0.3, -0.25) is 10.1 Å². The first-order valence-corrected chi connectivity index (χ1v) is 12.4. The molecule has 0 saturated carbocycles. The number of sulfone groups is 1. The molecule has 2 aromatic carbocycles. The lowest BCUT2D eigenvalue weighted by Gasteiger charge is -2.33. The van der Waals surface area contributed by atoms with Crippen molar-refractivity contribution in [3.05, 3.63) is 68.2 Å². The number of hydrogen-bond donors (Lipinski definition) is 1. The molecule has 0 spiro atoms. The fourth-order valence-corrected chi connectivity index (χ4v) is 7.73. The highest BCUT2D eigenvalue weighted by Crippen LogP contribution is 2.48. The first-order valence-electron chi connectivity index (χ1n) is 9.63. The van der Waals surface area contributed by atoms with Crippen molar-refractivity contribution in [2.24, 2.45) is 0 Å². The van der Waals surface area contributed by atoms with Crippen LogP contribution in [0.4, 0.5) is 4.79 Å². The summed E-state index contributed by atoms with van der Waals surface area (Å²) in [6.07, 6.45) is -2.26. The Balaban J connectivity index is 2.13. The smallest absolute Gasteiger partial charge is 0.415 e. The second-order valence-electron chi connectivity index (χ2n) is 7.31. The van der Waals surface area contributed by atoms with Gasteiger partial charge in [0.15, 0.2) is 19.0 Å². The number of fused-ring (bicyclic) bond motifs is 1. The molecule has 1 fully saturated rings. The number of nitrogens with zero attached hydrogens (tertiary/aromatic N) is 2. The Morgan fingerprint density at radius 3 is 2.55 bits per heavy atom. The lowest BCUT2D eigenvalue weighted by atomic mass is 9.94. The number of methoxy groups -OCH3 is 2. The van der Waals surface area contributed by atoms with Crippen LogP contribution in [0.5, 0.6) is 0 Å². The molecule has 1 aliphatic heterocycles. The van der Waals surface area contributed by atoms with E-state index in [9.17, 15) is 23.3 Å². The van der Waals surface area contributed by atoms with Gasteiger partial charge in [-0.05, 0) is 36.5 Å². The number of rotatable bonds is 5. The summed E-state index contributed by atoms with van der Waals surface area (Å²) >= 11 is 6.41. The molecule has 1 saturated heterocycles. The van der Waals surface area contributed by atoms with Crippen LogP contribution < -0.4 is 0 Å². The molecule has 1 aromatic heterocycles. The number of thiazole rings is 1. The highest BCUT2D eigenvalue weighted by molar-refractivity contribution is 7.92. The number of carbonyl (C=O) groups excluding carboxylic acids is 1. The van der Waals surface area contributed by atoms with E-state index in [1.165, 1.54) is 48.8 Å². The molecule has 2 heterocycles. The number of aromatic nitrogens is 1. The third-order valence-corrected chi connectivity index (χ3v) is 9.17. The van der Waals surface area contributed by atoms with Crippen molar-refractivity contribution >= 4 is 49.7 Å². The van der Waals surface area contributed by atoms with E-state index >= 15 is 0 Å². The average Bonchev–Trinajstić information content (AvgIpc) is 3.37. The molecule has 1 unspecified atom stereocenters. The zero-order valence-electron chi connectivity index (χ0n) is 17.5. The molecule has 0 aliphatic carbocycles. The number of nitro groups is 1. The molecule has 1 amide bonds. The Morgan fingerprint density at radius 1 is 1.24 bits per heavy atom. The second-order valence-corrected chi connectivity index (χ2v) is 11.1. The van der Waals surface area contributed by atoms with E-state index < -0.39 is 37.9 Å². The predicted octanol–water partition coefficient (Wildman–Crippen LogP) is 3.33.